The summed E-state index contributed by atoms with van der Waals surface area (Å²) in [6, 6.07) is 11.3. The van der Waals surface area contributed by atoms with Gasteiger partial charge in [-0.2, -0.15) is 5.10 Å². The third kappa shape index (κ3) is 3.22. The Morgan fingerprint density at radius 2 is 1.96 bits per heavy atom. The van der Waals surface area contributed by atoms with Gasteiger partial charge in [-0.15, -0.1) is 0 Å². The van der Waals surface area contributed by atoms with Gasteiger partial charge in [-0.25, -0.2) is 14.6 Å². The first-order chi connectivity index (χ1) is 11.0. The van der Waals surface area contributed by atoms with Crippen LogP contribution in [0.4, 0.5) is 5.82 Å². The van der Waals surface area contributed by atoms with Gasteiger partial charge in [-0.05, 0) is 26.0 Å². The van der Waals surface area contributed by atoms with Gasteiger partial charge < -0.3 is 5.32 Å². The van der Waals surface area contributed by atoms with Gasteiger partial charge in [-0.3, -0.25) is 4.79 Å². The van der Waals surface area contributed by atoms with E-state index >= 15 is 0 Å². The Morgan fingerprint density at radius 1 is 1.22 bits per heavy atom. The number of nitrogens with zero attached hydrogens (tertiary/aromatic N) is 4. The highest BCUT2D eigenvalue weighted by Gasteiger charge is 2.16. The van der Waals surface area contributed by atoms with Gasteiger partial charge in [0.2, 0.25) is 0 Å². The topological polar surface area (TPSA) is 72.7 Å². The molecule has 0 aliphatic heterocycles. The number of halogens is 1. The first kappa shape index (κ1) is 15.2. The Labute approximate surface area is 138 Å². The standard InChI is InChI=1S/C16H14ClN5O/c1-10-8-14(22(21-10)12-6-4-3-5-7-12)20-16(23)15-13(17)9-18-11(2)19-15/h3-9H,1-2H3,(H,20,23). The highest BCUT2D eigenvalue weighted by Crippen LogP contribution is 2.19. The zero-order valence-electron chi connectivity index (χ0n) is 12.6. The lowest BCUT2D eigenvalue weighted by Gasteiger charge is -2.09. The molecule has 23 heavy (non-hydrogen) atoms. The quantitative estimate of drug-likeness (QED) is 0.802. The largest absolute Gasteiger partial charge is 0.305 e. The normalized spacial score (nSPS) is 10.6. The lowest BCUT2D eigenvalue weighted by molar-refractivity contribution is 0.102. The number of benzene rings is 1. The summed E-state index contributed by atoms with van der Waals surface area (Å²) < 4.78 is 1.66. The van der Waals surface area contributed by atoms with Crippen LogP contribution in [0.5, 0.6) is 0 Å². The number of para-hydroxylation sites is 1. The summed E-state index contributed by atoms with van der Waals surface area (Å²) in [5.41, 5.74) is 1.77. The lowest BCUT2D eigenvalue weighted by Crippen LogP contribution is -2.17. The van der Waals surface area contributed by atoms with Crippen LogP contribution in [-0.4, -0.2) is 25.7 Å². The van der Waals surface area contributed by atoms with Gasteiger partial charge in [0.1, 0.15) is 11.6 Å². The van der Waals surface area contributed by atoms with Crippen LogP contribution in [0.2, 0.25) is 5.02 Å². The number of carbonyl (C=O) groups excluding carboxylic acids is 1. The molecule has 2 aromatic heterocycles. The summed E-state index contributed by atoms with van der Waals surface area (Å²) in [7, 11) is 0. The van der Waals surface area contributed by atoms with Crippen molar-refractivity contribution >= 4 is 23.3 Å². The van der Waals surface area contributed by atoms with Crippen LogP contribution in [0.1, 0.15) is 22.0 Å². The molecule has 0 aliphatic rings. The molecule has 0 aliphatic carbocycles. The summed E-state index contributed by atoms with van der Waals surface area (Å²) in [5.74, 6) is 0.621. The van der Waals surface area contributed by atoms with Gasteiger partial charge in [0, 0.05) is 6.07 Å². The van der Waals surface area contributed by atoms with Crippen LogP contribution >= 0.6 is 11.6 Å². The summed E-state index contributed by atoms with van der Waals surface area (Å²) in [5, 5.41) is 7.41. The molecule has 7 heteroatoms. The summed E-state index contributed by atoms with van der Waals surface area (Å²) in [6.07, 6.45) is 1.42. The molecule has 0 radical (unpaired) electrons. The number of nitrogens with one attached hydrogen (secondary N) is 1. The van der Waals surface area contributed by atoms with Crippen molar-refractivity contribution in [2.75, 3.05) is 5.32 Å². The number of hydrogen-bond donors (Lipinski definition) is 1. The highest BCUT2D eigenvalue weighted by molar-refractivity contribution is 6.33. The third-order valence-electron chi connectivity index (χ3n) is 3.15. The molecule has 116 valence electrons. The molecular formula is C16H14ClN5O. The van der Waals surface area contributed by atoms with Crippen molar-refractivity contribution in [3.05, 3.63) is 64.8 Å². The maximum atomic E-state index is 12.5. The Kier molecular flexibility index (Phi) is 4.08. The van der Waals surface area contributed by atoms with Gasteiger partial charge in [-0.1, -0.05) is 29.8 Å². The molecule has 6 nitrogen and oxygen atoms in total. The molecule has 3 rings (SSSR count). The van der Waals surface area contributed by atoms with Crippen LogP contribution in [0.15, 0.2) is 42.6 Å². The van der Waals surface area contributed by atoms with Gasteiger partial charge in [0.25, 0.3) is 5.91 Å². The molecule has 1 amide bonds. The molecule has 0 saturated carbocycles. The molecule has 3 aromatic rings. The fraction of sp³-hybridized carbons (Fsp3) is 0.125. The molecule has 0 spiro atoms. The van der Waals surface area contributed by atoms with Crippen molar-refractivity contribution in [1.82, 2.24) is 19.7 Å². The molecule has 2 heterocycles. The molecule has 0 atom stereocenters. The molecule has 0 saturated heterocycles. The first-order valence-electron chi connectivity index (χ1n) is 6.97. The highest BCUT2D eigenvalue weighted by atomic mass is 35.5. The van der Waals surface area contributed by atoms with E-state index in [0.717, 1.165) is 11.4 Å². The van der Waals surface area contributed by atoms with E-state index in [-0.39, 0.29) is 10.7 Å². The number of rotatable bonds is 3. The van der Waals surface area contributed by atoms with Crippen LogP contribution in [0.25, 0.3) is 5.69 Å². The smallest absolute Gasteiger partial charge is 0.277 e. The Balaban J connectivity index is 1.95. The number of aromatic nitrogens is 4. The van der Waals surface area contributed by atoms with E-state index < -0.39 is 5.91 Å². The summed E-state index contributed by atoms with van der Waals surface area (Å²) in [4.78, 5) is 20.5. The minimum absolute atomic E-state index is 0.137. The second kappa shape index (κ2) is 6.18. The fourth-order valence-electron chi connectivity index (χ4n) is 2.14. The average Bonchev–Trinajstić information content (AvgIpc) is 2.91. The molecular weight excluding hydrogens is 314 g/mol. The van der Waals surface area contributed by atoms with Crippen LogP contribution in [0.3, 0.4) is 0 Å². The Bertz CT molecular complexity index is 860. The van der Waals surface area contributed by atoms with E-state index in [1.54, 1.807) is 17.7 Å². The zero-order valence-corrected chi connectivity index (χ0v) is 13.4. The second-order valence-corrected chi connectivity index (χ2v) is 5.39. The maximum absolute atomic E-state index is 12.5. The van der Waals surface area contributed by atoms with E-state index in [1.807, 2.05) is 37.3 Å². The van der Waals surface area contributed by atoms with Crippen molar-refractivity contribution in [2.24, 2.45) is 0 Å². The molecule has 0 fully saturated rings. The van der Waals surface area contributed by atoms with Crippen molar-refractivity contribution in [2.45, 2.75) is 13.8 Å². The number of anilines is 1. The molecule has 0 bridgehead atoms. The zero-order chi connectivity index (χ0) is 16.4. The predicted molar refractivity (Wildman–Crippen MR) is 88.0 cm³/mol. The van der Waals surface area contributed by atoms with Gasteiger partial charge in [0.05, 0.1) is 22.6 Å². The van der Waals surface area contributed by atoms with Crippen LogP contribution in [-0.2, 0) is 0 Å². The SMILES string of the molecule is Cc1cc(NC(=O)c2nc(C)ncc2Cl)n(-c2ccccc2)n1. The number of hydrogen-bond acceptors (Lipinski definition) is 4. The van der Waals surface area contributed by atoms with Crippen molar-refractivity contribution in [1.29, 1.82) is 0 Å². The first-order valence-corrected chi connectivity index (χ1v) is 7.35. The number of aryl methyl sites for hydroxylation is 2. The van der Waals surface area contributed by atoms with E-state index in [4.69, 9.17) is 11.6 Å². The maximum Gasteiger partial charge on any atom is 0.277 e. The van der Waals surface area contributed by atoms with E-state index in [2.05, 4.69) is 20.4 Å². The minimum atomic E-state index is -0.405. The number of carbonyl (C=O) groups is 1. The second-order valence-electron chi connectivity index (χ2n) is 4.99. The minimum Gasteiger partial charge on any atom is -0.305 e. The van der Waals surface area contributed by atoms with Crippen molar-refractivity contribution < 1.29 is 4.79 Å². The Morgan fingerprint density at radius 3 is 2.70 bits per heavy atom. The van der Waals surface area contributed by atoms with Crippen molar-refractivity contribution in [3.63, 3.8) is 0 Å². The lowest BCUT2D eigenvalue weighted by atomic mass is 10.3. The number of amides is 1. The molecule has 1 aromatic carbocycles. The molecule has 1 N–H and O–H groups in total. The van der Waals surface area contributed by atoms with E-state index in [1.165, 1.54) is 6.20 Å². The fourth-order valence-corrected chi connectivity index (χ4v) is 2.32. The van der Waals surface area contributed by atoms with Crippen LogP contribution in [0, 0.1) is 13.8 Å². The predicted octanol–water partition coefficient (Wildman–Crippen LogP) is 3.18. The van der Waals surface area contributed by atoms with E-state index in [9.17, 15) is 4.79 Å². The monoisotopic (exact) mass is 327 g/mol. The van der Waals surface area contributed by atoms with Gasteiger partial charge in [0.15, 0.2) is 5.69 Å². The van der Waals surface area contributed by atoms with E-state index in [0.29, 0.717) is 11.6 Å². The van der Waals surface area contributed by atoms with Crippen LogP contribution < -0.4 is 5.32 Å². The van der Waals surface area contributed by atoms with Crippen molar-refractivity contribution in [3.8, 4) is 5.69 Å². The summed E-state index contributed by atoms with van der Waals surface area (Å²) >= 11 is 6.01. The molecule has 0 unspecified atom stereocenters. The average molecular weight is 328 g/mol. The summed E-state index contributed by atoms with van der Waals surface area (Å²) in [6.45, 7) is 3.56. The van der Waals surface area contributed by atoms with Gasteiger partial charge >= 0.3 is 0 Å². The Hall–Kier alpha value is -2.73. The third-order valence-corrected chi connectivity index (χ3v) is 3.43.